The fourth-order valence-corrected chi connectivity index (χ4v) is 1.32. The second kappa shape index (κ2) is 6.41. The molecule has 0 heterocycles. The van der Waals surface area contributed by atoms with E-state index in [-0.39, 0.29) is 22.4 Å². The van der Waals surface area contributed by atoms with Gasteiger partial charge < -0.3 is 0 Å². The van der Waals surface area contributed by atoms with Crippen LogP contribution in [-0.2, 0) is 22.4 Å². The van der Waals surface area contributed by atoms with Crippen LogP contribution in [0.25, 0.3) is 12.2 Å². The molecule has 15 heavy (non-hydrogen) atoms. The summed E-state index contributed by atoms with van der Waals surface area (Å²) < 4.78 is 0. The molecule has 0 saturated carbocycles. The third kappa shape index (κ3) is 3.88. The SMILES string of the molecule is C(=Cc1ccccc1)c1ccccc1.[Au]. The van der Waals surface area contributed by atoms with E-state index in [1.165, 1.54) is 11.1 Å². The third-order valence-corrected chi connectivity index (χ3v) is 2.07. The van der Waals surface area contributed by atoms with Crippen LogP contribution < -0.4 is 0 Å². The standard InChI is InChI=1S/C14H12.Au/c1-3-7-13(8-4-1)11-12-14-9-5-2-6-10-14;/h1-12H;. The molecule has 0 nitrogen and oxygen atoms in total. The molecule has 0 aliphatic carbocycles. The molecule has 0 bridgehead atoms. The third-order valence-electron chi connectivity index (χ3n) is 2.07. The van der Waals surface area contributed by atoms with Gasteiger partial charge in [0.1, 0.15) is 0 Å². The molecule has 0 N–H and O–H groups in total. The normalized spacial score (nSPS) is 9.87. The molecule has 0 atom stereocenters. The molecule has 1 heteroatoms. The van der Waals surface area contributed by atoms with Crippen molar-refractivity contribution < 1.29 is 22.4 Å². The van der Waals surface area contributed by atoms with Crippen LogP contribution >= 0.6 is 0 Å². The second-order valence-electron chi connectivity index (χ2n) is 3.15. The fourth-order valence-electron chi connectivity index (χ4n) is 1.32. The van der Waals surface area contributed by atoms with Gasteiger partial charge in [0.05, 0.1) is 0 Å². The van der Waals surface area contributed by atoms with Gasteiger partial charge in [0.15, 0.2) is 0 Å². The van der Waals surface area contributed by atoms with Gasteiger partial charge >= 0.3 is 0 Å². The van der Waals surface area contributed by atoms with Crippen molar-refractivity contribution in [3.05, 3.63) is 71.8 Å². The minimum absolute atomic E-state index is 0. The summed E-state index contributed by atoms with van der Waals surface area (Å²) in [5.74, 6) is 0. The first-order valence-electron chi connectivity index (χ1n) is 4.73. The number of rotatable bonds is 2. The molecule has 0 spiro atoms. The molecule has 0 unspecified atom stereocenters. The number of hydrogen-bond acceptors (Lipinski definition) is 0. The minimum atomic E-state index is 0. The smallest absolute Gasteiger partial charge is 0 e. The Kier molecular flexibility index (Phi) is 5.13. The molecule has 0 amide bonds. The molecule has 2 aromatic carbocycles. The first kappa shape index (κ1) is 12.0. The van der Waals surface area contributed by atoms with E-state index in [1.807, 2.05) is 36.4 Å². The summed E-state index contributed by atoms with van der Waals surface area (Å²) in [4.78, 5) is 0. The van der Waals surface area contributed by atoms with Crippen molar-refractivity contribution in [1.82, 2.24) is 0 Å². The molecule has 0 aliphatic heterocycles. The van der Waals surface area contributed by atoms with Crippen LogP contribution in [-0.4, -0.2) is 0 Å². The summed E-state index contributed by atoms with van der Waals surface area (Å²) in [5.41, 5.74) is 2.47. The van der Waals surface area contributed by atoms with E-state index in [0.29, 0.717) is 0 Å². The predicted octanol–water partition coefficient (Wildman–Crippen LogP) is 3.85. The summed E-state index contributed by atoms with van der Waals surface area (Å²) in [7, 11) is 0. The van der Waals surface area contributed by atoms with Crippen molar-refractivity contribution in [3.8, 4) is 0 Å². The Hall–Kier alpha value is -1.08. The van der Waals surface area contributed by atoms with Gasteiger partial charge in [-0.05, 0) is 11.1 Å². The molecule has 0 aromatic heterocycles. The largest absolute Gasteiger partial charge is 0.0622 e. The Balaban J connectivity index is 0.00000112. The summed E-state index contributed by atoms with van der Waals surface area (Å²) >= 11 is 0. The van der Waals surface area contributed by atoms with Gasteiger partial charge in [-0.25, -0.2) is 0 Å². The van der Waals surface area contributed by atoms with Crippen molar-refractivity contribution in [1.29, 1.82) is 0 Å². The van der Waals surface area contributed by atoms with E-state index in [2.05, 4.69) is 36.4 Å². The van der Waals surface area contributed by atoms with Crippen molar-refractivity contribution in [2.75, 3.05) is 0 Å². The monoisotopic (exact) mass is 377 g/mol. The van der Waals surface area contributed by atoms with Gasteiger partial charge in [-0.15, -0.1) is 0 Å². The molecule has 79 valence electrons. The molecule has 2 rings (SSSR count). The summed E-state index contributed by atoms with van der Waals surface area (Å²) in [6.07, 6.45) is 4.24. The zero-order chi connectivity index (χ0) is 9.64. The van der Waals surface area contributed by atoms with Gasteiger partial charge in [0.2, 0.25) is 0 Å². The summed E-state index contributed by atoms with van der Waals surface area (Å²) in [5, 5.41) is 0. The maximum absolute atomic E-state index is 2.12. The quantitative estimate of drug-likeness (QED) is 0.551. The molecular formula is C14H12Au. The Labute approximate surface area is 106 Å². The van der Waals surface area contributed by atoms with Gasteiger partial charge in [-0.3, -0.25) is 0 Å². The van der Waals surface area contributed by atoms with E-state index in [1.54, 1.807) is 0 Å². The average Bonchev–Trinajstić information content (AvgIpc) is 2.29. The van der Waals surface area contributed by atoms with Crippen LogP contribution in [0.4, 0.5) is 0 Å². The maximum Gasteiger partial charge on any atom is 0 e. The fraction of sp³-hybridized carbons (Fsp3) is 0. The molecule has 0 saturated heterocycles. The van der Waals surface area contributed by atoms with Gasteiger partial charge in [0, 0.05) is 22.4 Å². The second-order valence-corrected chi connectivity index (χ2v) is 3.15. The first-order valence-corrected chi connectivity index (χ1v) is 4.73. The molecule has 0 fully saturated rings. The van der Waals surface area contributed by atoms with Crippen LogP contribution in [0, 0.1) is 0 Å². The average molecular weight is 377 g/mol. The van der Waals surface area contributed by atoms with Gasteiger partial charge in [0.25, 0.3) is 0 Å². The maximum atomic E-state index is 2.12. The first-order chi connectivity index (χ1) is 6.95. The van der Waals surface area contributed by atoms with Gasteiger partial charge in [-0.2, -0.15) is 0 Å². The number of benzene rings is 2. The van der Waals surface area contributed by atoms with Crippen LogP contribution in [0.2, 0.25) is 0 Å². The van der Waals surface area contributed by atoms with E-state index in [0.717, 1.165) is 0 Å². The molecule has 1 radical (unpaired) electrons. The van der Waals surface area contributed by atoms with Crippen molar-refractivity contribution in [2.24, 2.45) is 0 Å². The Morgan fingerprint density at radius 1 is 0.533 bits per heavy atom. The molecule has 2 aromatic rings. The van der Waals surface area contributed by atoms with Crippen LogP contribution in [0.15, 0.2) is 60.7 Å². The molecular weight excluding hydrogens is 365 g/mol. The van der Waals surface area contributed by atoms with E-state index < -0.39 is 0 Å². The van der Waals surface area contributed by atoms with Crippen LogP contribution in [0.1, 0.15) is 11.1 Å². The van der Waals surface area contributed by atoms with Crippen molar-refractivity contribution >= 4 is 12.2 Å². The van der Waals surface area contributed by atoms with Crippen LogP contribution in [0.5, 0.6) is 0 Å². The minimum Gasteiger partial charge on any atom is -0.0622 e. The van der Waals surface area contributed by atoms with Gasteiger partial charge in [-0.1, -0.05) is 72.8 Å². The Morgan fingerprint density at radius 2 is 0.867 bits per heavy atom. The van der Waals surface area contributed by atoms with Crippen molar-refractivity contribution in [3.63, 3.8) is 0 Å². The summed E-state index contributed by atoms with van der Waals surface area (Å²) in [6.45, 7) is 0. The number of hydrogen-bond donors (Lipinski definition) is 0. The Morgan fingerprint density at radius 3 is 1.20 bits per heavy atom. The van der Waals surface area contributed by atoms with E-state index >= 15 is 0 Å². The molecule has 0 aliphatic rings. The predicted molar refractivity (Wildman–Crippen MR) is 61.8 cm³/mol. The van der Waals surface area contributed by atoms with E-state index in [9.17, 15) is 0 Å². The summed E-state index contributed by atoms with van der Waals surface area (Å²) in [6, 6.07) is 20.6. The zero-order valence-corrected chi connectivity index (χ0v) is 10.4. The Bertz CT molecular complexity index is 362. The van der Waals surface area contributed by atoms with Crippen LogP contribution in [0.3, 0.4) is 0 Å². The van der Waals surface area contributed by atoms with E-state index in [4.69, 9.17) is 0 Å². The van der Waals surface area contributed by atoms with Crippen molar-refractivity contribution in [2.45, 2.75) is 0 Å². The topological polar surface area (TPSA) is 0 Å². The zero-order valence-electron chi connectivity index (χ0n) is 8.23.